The van der Waals surface area contributed by atoms with E-state index in [1.54, 1.807) is 18.2 Å². The van der Waals surface area contributed by atoms with E-state index in [2.05, 4.69) is 10.3 Å². The van der Waals surface area contributed by atoms with Gasteiger partial charge in [-0.1, -0.05) is 17.7 Å². The lowest BCUT2D eigenvalue weighted by atomic mass is 10.2. The third-order valence-corrected chi connectivity index (χ3v) is 3.11. The number of nitrogens with one attached hydrogen (secondary N) is 2. The molecule has 1 amide bonds. The van der Waals surface area contributed by atoms with Crippen LogP contribution in [0.1, 0.15) is 15.9 Å². The monoisotopic (exact) mass is 292 g/mol. The summed E-state index contributed by atoms with van der Waals surface area (Å²) in [5, 5.41) is 3.21. The number of carbonyl (C=O) groups excluding carboxylic acids is 1. The first-order valence-electron chi connectivity index (χ1n) is 5.90. The highest BCUT2D eigenvalue weighted by Gasteiger charge is 2.10. The number of ether oxygens (including phenoxy) is 1. The van der Waals surface area contributed by atoms with Crippen molar-refractivity contribution in [3.63, 3.8) is 0 Å². The molecule has 0 radical (unpaired) electrons. The number of amides is 1. The zero-order valence-electron chi connectivity index (χ0n) is 10.8. The van der Waals surface area contributed by atoms with E-state index >= 15 is 0 Å². The van der Waals surface area contributed by atoms with Gasteiger partial charge in [-0.3, -0.25) is 9.59 Å². The summed E-state index contributed by atoms with van der Waals surface area (Å²) in [6, 6.07) is 8.02. The van der Waals surface area contributed by atoms with Crippen LogP contribution in [0.5, 0.6) is 5.75 Å². The van der Waals surface area contributed by atoms with Crippen LogP contribution in [0.3, 0.4) is 0 Å². The van der Waals surface area contributed by atoms with Gasteiger partial charge < -0.3 is 15.0 Å². The molecule has 5 nitrogen and oxygen atoms in total. The number of H-pyrrole nitrogens is 1. The van der Waals surface area contributed by atoms with Crippen molar-refractivity contribution in [1.29, 1.82) is 0 Å². The summed E-state index contributed by atoms with van der Waals surface area (Å²) in [7, 11) is 1.54. The molecular weight excluding hydrogens is 280 g/mol. The lowest BCUT2D eigenvalue weighted by Crippen LogP contribution is -2.24. The highest BCUT2D eigenvalue weighted by Crippen LogP contribution is 2.25. The maximum atomic E-state index is 11.9. The number of aromatic nitrogens is 1. The fourth-order valence-corrected chi connectivity index (χ4v) is 1.99. The molecule has 0 atom stereocenters. The number of rotatable bonds is 4. The number of methoxy groups -OCH3 is 1. The summed E-state index contributed by atoms with van der Waals surface area (Å²) in [4.78, 5) is 25.5. The standard InChI is InChI=1S/C14H13ClN2O3/c1-20-12-4-2-3-11(15)10(12)8-17-14(19)9-5-6-16-13(18)7-9/h2-7H,8H2,1H3,(H,16,18)(H,17,19). The smallest absolute Gasteiger partial charge is 0.251 e. The first-order chi connectivity index (χ1) is 9.61. The average Bonchev–Trinajstić information content (AvgIpc) is 2.45. The van der Waals surface area contributed by atoms with Crippen molar-refractivity contribution >= 4 is 17.5 Å². The normalized spacial score (nSPS) is 10.1. The summed E-state index contributed by atoms with van der Waals surface area (Å²) in [5.41, 5.74) is 0.655. The van der Waals surface area contributed by atoms with Crippen LogP contribution in [-0.4, -0.2) is 18.0 Å². The molecule has 0 unspecified atom stereocenters. The van der Waals surface area contributed by atoms with Crippen molar-refractivity contribution in [2.45, 2.75) is 6.54 Å². The van der Waals surface area contributed by atoms with E-state index in [9.17, 15) is 9.59 Å². The van der Waals surface area contributed by atoms with E-state index in [1.807, 2.05) is 0 Å². The molecule has 2 N–H and O–H groups in total. The molecule has 0 saturated heterocycles. The van der Waals surface area contributed by atoms with Gasteiger partial charge in [-0.15, -0.1) is 0 Å². The molecule has 0 bridgehead atoms. The zero-order chi connectivity index (χ0) is 14.5. The van der Waals surface area contributed by atoms with Crippen LogP contribution in [0, 0.1) is 0 Å². The van der Waals surface area contributed by atoms with Crippen LogP contribution in [0.4, 0.5) is 0 Å². The number of benzene rings is 1. The van der Waals surface area contributed by atoms with E-state index in [0.717, 1.165) is 0 Å². The number of carbonyl (C=O) groups is 1. The second-order valence-corrected chi connectivity index (χ2v) is 4.45. The van der Waals surface area contributed by atoms with Gasteiger partial charge >= 0.3 is 0 Å². The van der Waals surface area contributed by atoms with Gasteiger partial charge in [-0.05, 0) is 18.2 Å². The summed E-state index contributed by atoms with van der Waals surface area (Å²) in [5.74, 6) is 0.252. The Hall–Kier alpha value is -2.27. The zero-order valence-corrected chi connectivity index (χ0v) is 11.5. The molecule has 0 spiro atoms. The lowest BCUT2D eigenvalue weighted by molar-refractivity contribution is 0.0950. The minimum atomic E-state index is -0.349. The third kappa shape index (κ3) is 3.19. The Morgan fingerprint density at radius 2 is 2.20 bits per heavy atom. The van der Waals surface area contributed by atoms with Crippen molar-refractivity contribution < 1.29 is 9.53 Å². The van der Waals surface area contributed by atoms with E-state index in [-0.39, 0.29) is 18.0 Å². The van der Waals surface area contributed by atoms with Gasteiger partial charge in [0.2, 0.25) is 5.56 Å². The quantitative estimate of drug-likeness (QED) is 0.905. The van der Waals surface area contributed by atoms with E-state index < -0.39 is 0 Å². The fraction of sp³-hybridized carbons (Fsp3) is 0.143. The third-order valence-electron chi connectivity index (χ3n) is 2.76. The molecule has 0 aliphatic carbocycles. The van der Waals surface area contributed by atoms with Gasteiger partial charge in [0, 0.05) is 35.0 Å². The van der Waals surface area contributed by atoms with Gasteiger partial charge in [-0.25, -0.2) is 0 Å². The first-order valence-corrected chi connectivity index (χ1v) is 6.28. The molecule has 2 rings (SSSR count). The molecule has 1 heterocycles. The van der Waals surface area contributed by atoms with Crippen LogP contribution >= 0.6 is 11.6 Å². The molecule has 6 heteroatoms. The molecule has 0 saturated carbocycles. The Balaban J connectivity index is 2.13. The van der Waals surface area contributed by atoms with Crippen molar-refractivity contribution in [3.05, 3.63) is 63.0 Å². The molecule has 20 heavy (non-hydrogen) atoms. The van der Waals surface area contributed by atoms with Gasteiger partial charge in [-0.2, -0.15) is 0 Å². The van der Waals surface area contributed by atoms with Crippen LogP contribution in [0.15, 0.2) is 41.3 Å². The van der Waals surface area contributed by atoms with Gasteiger partial charge in [0.1, 0.15) is 5.75 Å². The lowest BCUT2D eigenvalue weighted by Gasteiger charge is -2.11. The molecule has 0 fully saturated rings. The predicted molar refractivity (Wildman–Crippen MR) is 76.2 cm³/mol. The number of pyridine rings is 1. The second kappa shape index (κ2) is 6.25. The van der Waals surface area contributed by atoms with Crippen molar-refractivity contribution in [3.8, 4) is 5.75 Å². The Bertz CT molecular complexity index is 682. The second-order valence-electron chi connectivity index (χ2n) is 4.04. The number of hydrogen-bond donors (Lipinski definition) is 2. The molecule has 104 valence electrons. The van der Waals surface area contributed by atoms with Crippen molar-refractivity contribution in [2.24, 2.45) is 0 Å². The fourth-order valence-electron chi connectivity index (χ4n) is 1.76. The molecular formula is C14H13ClN2O3. The minimum absolute atomic E-state index is 0.217. The first kappa shape index (κ1) is 14.1. The summed E-state index contributed by atoms with van der Waals surface area (Å²) in [6.07, 6.45) is 1.42. The van der Waals surface area contributed by atoms with Gasteiger partial charge in [0.05, 0.1) is 7.11 Å². The molecule has 1 aromatic heterocycles. The highest BCUT2D eigenvalue weighted by molar-refractivity contribution is 6.31. The van der Waals surface area contributed by atoms with Gasteiger partial charge in [0.25, 0.3) is 5.91 Å². The SMILES string of the molecule is COc1cccc(Cl)c1CNC(=O)c1cc[nH]c(=O)c1. The molecule has 2 aromatic rings. The number of halogens is 1. The van der Waals surface area contributed by atoms with Crippen molar-refractivity contribution in [1.82, 2.24) is 10.3 Å². The summed E-state index contributed by atoms with van der Waals surface area (Å²) < 4.78 is 5.19. The maximum Gasteiger partial charge on any atom is 0.251 e. The Morgan fingerprint density at radius 1 is 1.40 bits per heavy atom. The topological polar surface area (TPSA) is 71.2 Å². The van der Waals surface area contributed by atoms with Gasteiger partial charge in [0.15, 0.2) is 0 Å². The van der Waals surface area contributed by atoms with Crippen LogP contribution < -0.4 is 15.6 Å². The minimum Gasteiger partial charge on any atom is -0.496 e. The van der Waals surface area contributed by atoms with E-state index in [1.165, 1.54) is 25.4 Å². The highest BCUT2D eigenvalue weighted by atomic mass is 35.5. The Morgan fingerprint density at radius 3 is 2.90 bits per heavy atom. The predicted octanol–water partition coefficient (Wildman–Crippen LogP) is 1.97. The molecule has 0 aliphatic heterocycles. The number of hydrogen-bond acceptors (Lipinski definition) is 3. The largest absolute Gasteiger partial charge is 0.496 e. The van der Waals surface area contributed by atoms with Crippen molar-refractivity contribution in [2.75, 3.05) is 7.11 Å². The number of aromatic amines is 1. The molecule has 0 aliphatic rings. The summed E-state index contributed by atoms with van der Waals surface area (Å²) in [6.45, 7) is 0.217. The summed E-state index contributed by atoms with van der Waals surface area (Å²) >= 11 is 6.08. The Kier molecular flexibility index (Phi) is 4.42. The van der Waals surface area contributed by atoms with Crippen LogP contribution in [0.25, 0.3) is 0 Å². The Labute approximate surface area is 120 Å². The molecule has 1 aromatic carbocycles. The average molecular weight is 293 g/mol. The van der Waals surface area contributed by atoms with Crippen LogP contribution in [0.2, 0.25) is 5.02 Å². The maximum absolute atomic E-state index is 11.9. The van der Waals surface area contributed by atoms with E-state index in [0.29, 0.717) is 21.9 Å². The van der Waals surface area contributed by atoms with E-state index in [4.69, 9.17) is 16.3 Å². The van der Waals surface area contributed by atoms with Crippen LogP contribution in [-0.2, 0) is 6.54 Å².